The van der Waals surface area contributed by atoms with Crippen LogP contribution in [0.15, 0.2) is 60.7 Å². The Labute approximate surface area is 189 Å². The van der Waals surface area contributed by atoms with Crippen LogP contribution >= 0.6 is 0 Å². The number of fused-ring (bicyclic) bond motifs is 3. The average molecular weight is 445 g/mol. The maximum Gasteiger partial charge on any atom is 0.297 e. The number of hydrogen-bond acceptors (Lipinski definition) is 5. The molecule has 2 aromatic heterocycles. The molecule has 6 nitrogen and oxygen atoms in total. The number of benzene rings is 2. The molecule has 6 rings (SSSR count). The molecule has 2 aromatic carbocycles. The van der Waals surface area contributed by atoms with Gasteiger partial charge in [-0.1, -0.05) is 54.6 Å². The predicted octanol–water partition coefficient (Wildman–Crippen LogP) is 5.03. The second kappa shape index (κ2) is 7.74. The van der Waals surface area contributed by atoms with Crippen molar-refractivity contribution in [2.75, 3.05) is 0 Å². The summed E-state index contributed by atoms with van der Waals surface area (Å²) in [6.07, 6.45) is -0.600. The number of ether oxygens (including phenoxy) is 1. The molecule has 0 spiro atoms. The molecule has 166 valence electrons. The molecule has 0 bridgehead atoms. The first kappa shape index (κ1) is 20.0. The summed E-state index contributed by atoms with van der Waals surface area (Å²) >= 11 is 0. The zero-order valence-electron chi connectivity index (χ0n) is 17.7. The van der Waals surface area contributed by atoms with Gasteiger partial charge < -0.3 is 10.5 Å². The zero-order chi connectivity index (χ0) is 22.5. The Morgan fingerprint density at radius 2 is 1.76 bits per heavy atom. The Balaban J connectivity index is 1.51. The standard InChI is InChI=1S/C25H21F2N5O/c26-23(27)24-31-30-21-13-33-25-20(32(21)24)12-18(14-4-2-1-3-5-14)22(29-25)16-8-6-15(7-9-16)17-10-11-19(17)28/h1-9,12,17,19,23H,10-11,13,28H2. The van der Waals surface area contributed by atoms with Crippen LogP contribution in [0.5, 0.6) is 5.88 Å². The van der Waals surface area contributed by atoms with Gasteiger partial charge in [0.15, 0.2) is 12.4 Å². The number of pyridine rings is 1. The van der Waals surface area contributed by atoms with Crippen molar-refractivity contribution in [2.45, 2.75) is 37.8 Å². The van der Waals surface area contributed by atoms with Gasteiger partial charge in [0.05, 0.1) is 5.69 Å². The van der Waals surface area contributed by atoms with Gasteiger partial charge in [-0.2, -0.15) is 0 Å². The second-order valence-corrected chi connectivity index (χ2v) is 8.44. The minimum absolute atomic E-state index is 0.0301. The summed E-state index contributed by atoms with van der Waals surface area (Å²) in [6.45, 7) is 0.0301. The van der Waals surface area contributed by atoms with Gasteiger partial charge in [-0.05, 0) is 36.0 Å². The molecule has 1 fully saturated rings. The quantitative estimate of drug-likeness (QED) is 0.477. The van der Waals surface area contributed by atoms with Gasteiger partial charge in [-0.25, -0.2) is 13.8 Å². The molecule has 8 heteroatoms. The van der Waals surface area contributed by atoms with Crippen molar-refractivity contribution in [1.29, 1.82) is 0 Å². The Kier molecular flexibility index (Phi) is 4.69. The number of hydrogen-bond donors (Lipinski definition) is 1. The fraction of sp³-hybridized carbons (Fsp3) is 0.240. The Morgan fingerprint density at radius 3 is 2.42 bits per heavy atom. The highest BCUT2D eigenvalue weighted by Crippen LogP contribution is 2.41. The van der Waals surface area contributed by atoms with Gasteiger partial charge in [0.2, 0.25) is 11.7 Å². The normalized spacial score (nSPS) is 18.9. The molecule has 0 saturated heterocycles. The lowest BCUT2D eigenvalue weighted by atomic mass is 9.75. The third kappa shape index (κ3) is 3.29. The molecule has 33 heavy (non-hydrogen) atoms. The van der Waals surface area contributed by atoms with E-state index < -0.39 is 12.2 Å². The number of rotatable bonds is 4. The Morgan fingerprint density at radius 1 is 0.970 bits per heavy atom. The number of nitrogens with zero attached hydrogens (tertiary/aromatic N) is 4. The van der Waals surface area contributed by atoms with Crippen LogP contribution in [-0.4, -0.2) is 25.8 Å². The number of aromatic nitrogens is 4. The maximum absolute atomic E-state index is 13.6. The SMILES string of the molecule is NC1CCC1c1ccc(-c2nc3c(cc2-c2ccccc2)-n2c(nnc2C(F)F)CO3)cc1. The summed E-state index contributed by atoms with van der Waals surface area (Å²) in [5, 5.41) is 7.55. The van der Waals surface area contributed by atoms with E-state index in [0.29, 0.717) is 17.4 Å². The lowest BCUT2D eigenvalue weighted by Crippen LogP contribution is -2.37. The number of halogens is 2. The zero-order valence-corrected chi connectivity index (χ0v) is 17.7. The maximum atomic E-state index is 13.6. The third-order valence-electron chi connectivity index (χ3n) is 6.52. The smallest absolute Gasteiger partial charge is 0.297 e. The van der Waals surface area contributed by atoms with E-state index in [1.165, 1.54) is 10.1 Å². The molecule has 2 aliphatic rings. The Hall–Kier alpha value is -3.65. The predicted molar refractivity (Wildman–Crippen MR) is 119 cm³/mol. The lowest BCUT2D eigenvalue weighted by Gasteiger charge is -2.34. The molecule has 2 N–H and O–H groups in total. The van der Waals surface area contributed by atoms with E-state index in [4.69, 9.17) is 15.5 Å². The third-order valence-corrected chi connectivity index (χ3v) is 6.52. The molecule has 0 radical (unpaired) electrons. The molecule has 1 aliphatic carbocycles. The molecule has 4 aromatic rings. The lowest BCUT2D eigenvalue weighted by molar-refractivity contribution is 0.136. The summed E-state index contributed by atoms with van der Waals surface area (Å²) in [6, 6.07) is 20.1. The van der Waals surface area contributed by atoms with Crippen molar-refractivity contribution in [1.82, 2.24) is 19.7 Å². The van der Waals surface area contributed by atoms with Gasteiger partial charge in [-0.3, -0.25) is 4.57 Å². The van der Waals surface area contributed by atoms with Crippen molar-refractivity contribution < 1.29 is 13.5 Å². The molecule has 3 heterocycles. The van der Waals surface area contributed by atoms with Crippen molar-refractivity contribution in [2.24, 2.45) is 5.73 Å². The summed E-state index contributed by atoms with van der Waals surface area (Å²) in [4.78, 5) is 4.79. The monoisotopic (exact) mass is 445 g/mol. The first-order valence-electron chi connectivity index (χ1n) is 10.9. The fourth-order valence-corrected chi connectivity index (χ4v) is 4.60. The van der Waals surface area contributed by atoms with E-state index in [1.54, 1.807) is 0 Å². The highest BCUT2D eigenvalue weighted by molar-refractivity contribution is 5.83. The first-order chi connectivity index (χ1) is 16.1. The summed E-state index contributed by atoms with van der Waals surface area (Å²) in [5.41, 5.74) is 11.2. The number of alkyl halides is 2. The molecular formula is C25H21F2N5O. The summed E-state index contributed by atoms with van der Waals surface area (Å²) in [5.74, 6) is 0.591. The molecule has 1 saturated carbocycles. The highest BCUT2D eigenvalue weighted by Gasteiger charge is 2.30. The number of nitrogens with two attached hydrogens (primary N) is 1. The van der Waals surface area contributed by atoms with Crippen LogP contribution in [0.4, 0.5) is 8.78 Å². The van der Waals surface area contributed by atoms with Crippen molar-refractivity contribution in [3.05, 3.63) is 77.9 Å². The van der Waals surface area contributed by atoms with Crippen LogP contribution in [0.2, 0.25) is 0 Å². The van der Waals surface area contributed by atoms with Gasteiger partial charge in [0.1, 0.15) is 5.69 Å². The van der Waals surface area contributed by atoms with Crippen LogP contribution in [0.25, 0.3) is 28.1 Å². The fourth-order valence-electron chi connectivity index (χ4n) is 4.60. The van der Waals surface area contributed by atoms with Gasteiger partial charge in [-0.15, -0.1) is 10.2 Å². The molecule has 2 atom stereocenters. The molecule has 1 aliphatic heterocycles. The van der Waals surface area contributed by atoms with Crippen LogP contribution < -0.4 is 10.5 Å². The molecular weight excluding hydrogens is 424 g/mol. The van der Waals surface area contributed by atoms with E-state index >= 15 is 0 Å². The van der Waals surface area contributed by atoms with Crippen LogP contribution in [-0.2, 0) is 6.61 Å². The molecule has 0 amide bonds. The summed E-state index contributed by atoms with van der Waals surface area (Å²) in [7, 11) is 0. The molecule has 2 unspecified atom stereocenters. The van der Waals surface area contributed by atoms with Crippen molar-refractivity contribution in [3.63, 3.8) is 0 Å². The van der Waals surface area contributed by atoms with Crippen LogP contribution in [0, 0.1) is 0 Å². The van der Waals surface area contributed by atoms with Crippen molar-refractivity contribution >= 4 is 0 Å². The van der Waals surface area contributed by atoms with Gasteiger partial charge >= 0.3 is 0 Å². The largest absolute Gasteiger partial charge is 0.468 e. The summed E-state index contributed by atoms with van der Waals surface area (Å²) < 4.78 is 34.4. The van der Waals surface area contributed by atoms with E-state index in [0.717, 1.165) is 35.2 Å². The van der Waals surface area contributed by atoms with Crippen LogP contribution in [0.3, 0.4) is 0 Å². The van der Waals surface area contributed by atoms with E-state index in [9.17, 15) is 8.78 Å². The van der Waals surface area contributed by atoms with E-state index in [1.807, 2.05) is 48.5 Å². The highest BCUT2D eigenvalue weighted by atomic mass is 19.3. The minimum atomic E-state index is -2.76. The Bertz CT molecular complexity index is 1320. The van der Waals surface area contributed by atoms with Gasteiger partial charge in [0.25, 0.3) is 6.43 Å². The minimum Gasteiger partial charge on any atom is -0.468 e. The second-order valence-electron chi connectivity index (χ2n) is 8.44. The topological polar surface area (TPSA) is 78.9 Å². The van der Waals surface area contributed by atoms with E-state index in [-0.39, 0.29) is 18.5 Å². The van der Waals surface area contributed by atoms with Crippen molar-refractivity contribution in [3.8, 4) is 34.0 Å². The van der Waals surface area contributed by atoms with E-state index in [2.05, 4.69) is 22.3 Å². The first-order valence-corrected chi connectivity index (χ1v) is 10.9. The van der Waals surface area contributed by atoms with Crippen LogP contribution in [0.1, 0.15) is 42.4 Å². The van der Waals surface area contributed by atoms with Gasteiger partial charge in [0, 0.05) is 17.2 Å². The average Bonchev–Trinajstić information content (AvgIpc) is 3.28.